The Bertz CT molecular complexity index is 1630. The van der Waals surface area contributed by atoms with Crippen molar-refractivity contribution in [2.24, 2.45) is 0 Å². The predicted octanol–water partition coefficient (Wildman–Crippen LogP) is 4.32. The highest BCUT2D eigenvalue weighted by atomic mass is 35.5. The van der Waals surface area contributed by atoms with Crippen LogP contribution < -0.4 is 10.5 Å². The summed E-state index contributed by atoms with van der Waals surface area (Å²) in [6, 6.07) is 9.06. The Morgan fingerprint density at radius 3 is 2.84 bits per heavy atom. The molecule has 4 heterocycles. The van der Waals surface area contributed by atoms with Crippen LogP contribution in [-0.2, 0) is 24.5 Å². The highest BCUT2D eigenvalue weighted by Gasteiger charge is 2.32. The van der Waals surface area contributed by atoms with E-state index in [1.807, 2.05) is 36.0 Å². The maximum Gasteiger partial charge on any atom is 0.255 e. The van der Waals surface area contributed by atoms with Crippen molar-refractivity contribution in [2.45, 2.75) is 32.7 Å². The minimum absolute atomic E-state index is 0.199. The second kappa shape index (κ2) is 9.11. The third kappa shape index (κ3) is 4.06. The molecule has 2 aliphatic rings. The van der Waals surface area contributed by atoms with Crippen LogP contribution in [0, 0.1) is 11.8 Å². The van der Waals surface area contributed by atoms with Crippen LogP contribution in [0.1, 0.15) is 51.1 Å². The number of benzene rings is 2. The highest BCUT2D eigenvalue weighted by molar-refractivity contribution is 6.34. The van der Waals surface area contributed by atoms with Gasteiger partial charge in [0.05, 0.1) is 47.1 Å². The number of aromatic nitrogens is 3. The van der Waals surface area contributed by atoms with Crippen LogP contribution in [-0.4, -0.2) is 39.2 Å². The van der Waals surface area contributed by atoms with Crippen molar-refractivity contribution in [2.75, 3.05) is 19.4 Å². The van der Waals surface area contributed by atoms with Gasteiger partial charge in [0.25, 0.3) is 5.91 Å². The number of nitrogens with two attached hydrogens (primary N) is 1. The molecule has 0 saturated carbocycles. The van der Waals surface area contributed by atoms with Gasteiger partial charge in [0.2, 0.25) is 0 Å². The van der Waals surface area contributed by atoms with E-state index in [0.717, 1.165) is 45.5 Å². The fraction of sp³-hybridized carbons (Fsp3) is 0.250. The highest BCUT2D eigenvalue weighted by Crippen LogP contribution is 2.38. The number of likely N-dealkylation sites (N-methyl/N-ethyl adjacent to an activating group) is 1. The van der Waals surface area contributed by atoms with Crippen molar-refractivity contribution in [3.8, 4) is 17.6 Å². The molecule has 2 aromatic heterocycles. The summed E-state index contributed by atoms with van der Waals surface area (Å²) in [6.07, 6.45) is 3.67. The molecule has 37 heavy (non-hydrogen) atoms. The van der Waals surface area contributed by atoms with E-state index in [9.17, 15) is 4.79 Å². The molecule has 4 aromatic rings. The summed E-state index contributed by atoms with van der Waals surface area (Å²) in [5, 5.41) is 5.40. The third-order valence-electron chi connectivity index (χ3n) is 6.91. The molecule has 8 nitrogen and oxygen atoms in total. The molecule has 0 saturated heterocycles. The zero-order valence-corrected chi connectivity index (χ0v) is 21.2. The van der Waals surface area contributed by atoms with Crippen molar-refractivity contribution >= 4 is 34.2 Å². The van der Waals surface area contributed by atoms with E-state index in [-0.39, 0.29) is 11.9 Å². The minimum atomic E-state index is -0.252. The lowest BCUT2D eigenvalue weighted by Crippen LogP contribution is -2.32. The number of aryl methyl sites for hydroxylation is 1. The van der Waals surface area contributed by atoms with Crippen molar-refractivity contribution in [1.82, 2.24) is 19.7 Å². The Labute approximate surface area is 218 Å². The van der Waals surface area contributed by atoms with Gasteiger partial charge < -0.3 is 20.1 Å². The maximum absolute atomic E-state index is 13.6. The van der Waals surface area contributed by atoms with Crippen molar-refractivity contribution in [3.05, 3.63) is 81.1 Å². The summed E-state index contributed by atoms with van der Waals surface area (Å²) in [4.78, 5) is 19.7. The summed E-state index contributed by atoms with van der Waals surface area (Å²) < 4.78 is 13.4. The molecule has 2 aromatic carbocycles. The molecule has 2 aliphatic heterocycles. The van der Waals surface area contributed by atoms with E-state index >= 15 is 0 Å². The Balaban J connectivity index is 1.27. The van der Waals surface area contributed by atoms with Gasteiger partial charge in [-0.1, -0.05) is 29.5 Å². The summed E-state index contributed by atoms with van der Waals surface area (Å²) >= 11 is 6.56. The first-order valence-electron chi connectivity index (χ1n) is 12.0. The van der Waals surface area contributed by atoms with E-state index in [1.165, 1.54) is 0 Å². The molecule has 6 rings (SSSR count). The number of hydrogen-bond donors (Lipinski definition) is 1. The van der Waals surface area contributed by atoms with Gasteiger partial charge >= 0.3 is 0 Å². The van der Waals surface area contributed by atoms with Crippen LogP contribution in [0.3, 0.4) is 0 Å². The van der Waals surface area contributed by atoms with E-state index in [1.54, 1.807) is 30.3 Å². The van der Waals surface area contributed by atoms with Crippen LogP contribution in [0.15, 0.2) is 42.7 Å². The molecule has 9 heteroatoms. The SMILES string of the molecule is CCn1cc(C#Cc2ccc3c(c2)OC[C@H]3N(C)C(=O)c2cc3c4c(c(N)nc3cc2Cl)COC4)cn1. The maximum atomic E-state index is 13.6. The molecule has 0 fully saturated rings. The quantitative estimate of drug-likeness (QED) is 0.410. The number of fused-ring (bicyclic) bond motifs is 4. The van der Waals surface area contributed by atoms with Gasteiger partial charge in [0.1, 0.15) is 18.2 Å². The first-order chi connectivity index (χ1) is 17.9. The number of carbonyl (C=O) groups is 1. The Hall–Kier alpha value is -4.06. The number of ether oxygens (including phenoxy) is 2. The molecule has 0 radical (unpaired) electrons. The van der Waals surface area contributed by atoms with E-state index < -0.39 is 0 Å². The monoisotopic (exact) mass is 513 g/mol. The molecule has 0 bridgehead atoms. The number of halogens is 1. The molecule has 2 N–H and O–H groups in total. The fourth-order valence-electron chi connectivity index (χ4n) is 4.82. The van der Waals surface area contributed by atoms with Gasteiger partial charge in [-0.15, -0.1) is 0 Å². The van der Waals surface area contributed by atoms with Crippen LogP contribution >= 0.6 is 11.6 Å². The molecule has 1 atom stereocenters. The van der Waals surface area contributed by atoms with Gasteiger partial charge in [-0.2, -0.15) is 5.10 Å². The lowest BCUT2D eigenvalue weighted by atomic mass is 10.0. The standard InChI is InChI=1S/C28H24ClN5O3/c1-3-34-12-17(11-31-34)5-4-16-6-7-18-25(15-37-26(18)8-16)33(2)28(35)20-9-19-21-13-36-14-22(21)27(30)32-24(19)10-23(20)29/h6-12,25H,3,13-15H2,1-2H3,(H2,30,32)/t25-/m1/s1. The molecule has 0 aliphatic carbocycles. The van der Waals surface area contributed by atoms with Crippen molar-refractivity contribution < 1.29 is 14.3 Å². The van der Waals surface area contributed by atoms with E-state index in [4.69, 9.17) is 26.8 Å². The number of nitrogen functional groups attached to an aromatic ring is 1. The zero-order valence-electron chi connectivity index (χ0n) is 20.4. The van der Waals surface area contributed by atoms with Crippen LogP contribution in [0.4, 0.5) is 5.82 Å². The lowest BCUT2D eigenvalue weighted by Gasteiger charge is -2.24. The van der Waals surface area contributed by atoms with Gasteiger partial charge in [-0.05, 0) is 36.8 Å². The van der Waals surface area contributed by atoms with Crippen LogP contribution in [0.2, 0.25) is 5.02 Å². The summed E-state index contributed by atoms with van der Waals surface area (Å²) in [5.41, 5.74) is 11.6. The van der Waals surface area contributed by atoms with E-state index in [0.29, 0.717) is 41.7 Å². The second-order valence-electron chi connectivity index (χ2n) is 9.13. The second-order valence-corrected chi connectivity index (χ2v) is 9.53. The predicted molar refractivity (Wildman–Crippen MR) is 140 cm³/mol. The number of pyridine rings is 1. The summed E-state index contributed by atoms with van der Waals surface area (Å²) in [6.45, 7) is 4.03. The molecule has 0 unspecified atom stereocenters. The first kappa shape index (κ1) is 23.3. The average molecular weight is 514 g/mol. The molecule has 186 valence electrons. The van der Waals surface area contributed by atoms with Crippen molar-refractivity contribution in [3.63, 3.8) is 0 Å². The van der Waals surface area contributed by atoms with Gasteiger partial charge in [-0.25, -0.2) is 4.98 Å². The third-order valence-corrected chi connectivity index (χ3v) is 7.23. The number of amides is 1. The average Bonchev–Trinajstić information content (AvgIpc) is 3.66. The Morgan fingerprint density at radius 1 is 1.22 bits per heavy atom. The van der Waals surface area contributed by atoms with Gasteiger partial charge in [-0.3, -0.25) is 9.48 Å². The smallest absolute Gasteiger partial charge is 0.255 e. The Morgan fingerprint density at radius 2 is 2.03 bits per heavy atom. The molecule has 0 spiro atoms. The molecular weight excluding hydrogens is 490 g/mol. The minimum Gasteiger partial charge on any atom is -0.491 e. The van der Waals surface area contributed by atoms with Gasteiger partial charge in [0, 0.05) is 41.9 Å². The number of carbonyl (C=O) groups excluding carboxylic acids is 1. The molecular formula is C28H24ClN5O3. The number of rotatable bonds is 3. The largest absolute Gasteiger partial charge is 0.491 e. The zero-order chi connectivity index (χ0) is 25.7. The Kier molecular flexibility index (Phi) is 5.75. The number of hydrogen-bond acceptors (Lipinski definition) is 6. The summed E-state index contributed by atoms with van der Waals surface area (Å²) in [5.74, 6) is 7.26. The molecule has 1 amide bonds. The number of nitrogens with zero attached hydrogens (tertiary/aromatic N) is 4. The van der Waals surface area contributed by atoms with E-state index in [2.05, 4.69) is 21.9 Å². The fourth-order valence-corrected chi connectivity index (χ4v) is 5.06. The van der Waals surface area contributed by atoms with Crippen LogP contribution in [0.5, 0.6) is 5.75 Å². The van der Waals surface area contributed by atoms with Gasteiger partial charge in [0.15, 0.2) is 0 Å². The van der Waals surface area contributed by atoms with Crippen molar-refractivity contribution in [1.29, 1.82) is 0 Å². The normalized spacial score (nSPS) is 15.6. The van der Waals surface area contributed by atoms with Crippen LogP contribution in [0.25, 0.3) is 10.9 Å². The summed E-state index contributed by atoms with van der Waals surface area (Å²) in [7, 11) is 1.76. The number of anilines is 1. The first-order valence-corrected chi connectivity index (χ1v) is 12.4. The topological polar surface area (TPSA) is 95.5 Å². The lowest BCUT2D eigenvalue weighted by molar-refractivity contribution is 0.0709.